The summed E-state index contributed by atoms with van der Waals surface area (Å²) >= 11 is 0. The molecule has 36 heavy (non-hydrogen) atoms. The summed E-state index contributed by atoms with van der Waals surface area (Å²) < 4.78 is 20.7. The van der Waals surface area contributed by atoms with Gasteiger partial charge in [-0.1, -0.05) is 30.7 Å². The Morgan fingerprint density at radius 3 is 2.69 bits per heavy atom. The van der Waals surface area contributed by atoms with Gasteiger partial charge in [0.05, 0.1) is 49.1 Å². The fourth-order valence-corrected chi connectivity index (χ4v) is 4.45. The minimum absolute atomic E-state index is 0.154. The number of hydrogen-bond donors (Lipinski definition) is 0. The second-order valence-electron chi connectivity index (χ2n) is 9.84. The van der Waals surface area contributed by atoms with E-state index in [0.29, 0.717) is 11.6 Å². The minimum atomic E-state index is -1.09. The third-order valence-corrected chi connectivity index (χ3v) is 6.83. The Morgan fingerprint density at radius 1 is 1.14 bits per heavy atom. The molecule has 0 aliphatic heterocycles. The Hall–Kier alpha value is -3.65. The van der Waals surface area contributed by atoms with E-state index in [1.54, 1.807) is 13.8 Å². The molecule has 2 aromatic carbocycles. The molecule has 0 N–H and O–H groups in total. The van der Waals surface area contributed by atoms with Crippen LogP contribution in [0.15, 0.2) is 54.7 Å². The highest BCUT2D eigenvalue weighted by Gasteiger charge is 2.30. The summed E-state index contributed by atoms with van der Waals surface area (Å²) in [6, 6.07) is 16.2. The van der Waals surface area contributed by atoms with E-state index in [-0.39, 0.29) is 6.61 Å². The number of carbonyl (C=O) groups excluding carboxylic acids is 1. The number of nitrogens with zero attached hydrogens (tertiary/aromatic N) is 4. The van der Waals surface area contributed by atoms with Crippen LogP contribution in [0.2, 0.25) is 0 Å². The lowest BCUT2D eigenvalue weighted by Gasteiger charge is -2.25. The summed E-state index contributed by atoms with van der Waals surface area (Å²) in [6.45, 7) is 4.28. The molecule has 1 fully saturated rings. The van der Waals surface area contributed by atoms with Crippen molar-refractivity contribution in [1.82, 2.24) is 19.6 Å². The van der Waals surface area contributed by atoms with Crippen LogP contribution in [0, 0.1) is 5.92 Å². The van der Waals surface area contributed by atoms with Crippen molar-refractivity contribution in [3.8, 4) is 22.7 Å². The average molecular weight is 489 g/mol. The van der Waals surface area contributed by atoms with Crippen LogP contribution in [0.1, 0.15) is 38.8 Å². The van der Waals surface area contributed by atoms with Gasteiger partial charge in [0.15, 0.2) is 5.60 Å². The molecule has 8 heteroatoms. The van der Waals surface area contributed by atoms with Crippen LogP contribution < -0.4 is 4.74 Å². The quantitative estimate of drug-likeness (QED) is 0.306. The molecule has 0 unspecified atom stereocenters. The van der Waals surface area contributed by atoms with E-state index in [0.717, 1.165) is 40.2 Å². The first-order valence-corrected chi connectivity index (χ1v) is 12.3. The van der Waals surface area contributed by atoms with Crippen LogP contribution in [-0.4, -0.2) is 44.8 Å². The van der Waals surface area contributed by atoms with Gasteiger partial charge in [-0.05, 0) is 56.9 Å². The van der Waals surface area contributed by atoms with E-state index in [1.807, 2.05) is 59.0 Å². The molecular weight excluding hydrogens is 456 g/mol. The molecule has 1 aliphatic rings. The number of esters is 1. The van der Waals surface area contributed by atoms with Crippen LogP contribution in [-0.2, 0) is 27.9 Å². The Bertz CT molecular complexity index is 1380. The summed E-state index contributed by atoms with van der Waals surface area (Å²) in [6.07, 6.45) is 5.63. The van der Waals surface area contributed by atoms with Crippen molar-refractivity contribution < 1.29 is 19.0 Å². The van der Waals surface area contributed by atoms with E-state index in [2.05, 4.69) is 17.2 Å². The molecule has 1 aliphatic carbocycles. The van der Waals surface area contributed by atoms with Crippen molar-refractivity contribution in [3.63, 3.8) is 0 Å². The van der Waals surface area contributed by atoms with Crippen LogP contribution in [0.3, 0.4) is 0 Å². The lowest BCUT2D eigenvalue weighted by atomic mass is 9.86. The van der Waals surface area contributed by atoms with Crippen molar-refractivity contribution in [1.29, 1.82) is 0 Å². The van der Waals surface area contributed by atoms with Gasteiger partial charge in [0.2, 0.25) is 0 Å². The van der Waals surface area contributed by atoms with Gasteiger partial charge in [-0.3, -0.25) is 4.68 Å². The Labute approximate surface area is 210 Å². The maximum absolute atomic E-state index is 12.1. The largest absolute Gasteiger partial charge is 0.493 e. The molecule has 0 atom stereocenters. The van der Waals surface area contributed by atoms with Gasteiger partial charge in [-0.15, -0.1) is 0 Å². The smallest absolute Gasteiger partial charge is 0.337 e. The van der Waals surface area contributed by atoms with Crippen LogP contribution in [0.4, 0.5) is 0 Å². The first-order chi connectivity index (χ1) is 17.4. The SMILES string of the molecule is COC(=O)C(C)(C)OCc1cc(-c2cccc(OCC3CCC3)c2)n(-c2cccc3cnn(C)c23)n1. The first kappa shape index (κ1) is 24.1. The van der Waals surface area contributed by atoms with Crippen LogP contribution >= 0.6 is 0 Å². The number of ether oxygens (including phenoxy) is 3. The summed E-state index contributed by atoms with van der Waals surface area (Å²) in [7, 11) is 3.28. The zero-order valence-corrected chi connectivity index (χ0v) is 21.2. The van der Waals surface area contributed by atoms with Gasteiger partial charge in [0.1, 0.15) is 5.75 Å². The second-order valence-corrected chi connectivity index (χ2v) is 9.84. The third kappa shape index (κ3) is 4.73. The fraction of sp³-hybridized carbons (Fsp3) is 0.393. The standard InChI is InChI=1S/C28H32N4O4/c1-28(2,27(33)34-4)36-18-22-15-25(20-10-6-12-23(14-20)35-17-19-8-5-9-19)32(30-22)24-13-7-11-21-16-29-31(3)26(21)24/h6-7,10-16,19H,5,8-9,17-18H2,1-4H3. The molecule has 0 radical (unpaired) electrons. The van der Waals surface area contributed by atoms with E-state index in [9.17, 15) is 4.79 Å². The predicted octanol–water partition coefficient (Wildman–Crippen LogP) is 5.07. The minimum Gasteiger partial charge on any atom is -0.493 e. The first-order valence-electron chi connectivity index (χ1n) is 12.3. The number of fused-ring (bicyclic) bond motifs is 1. The van der Waals surface area contributed by atoms with E-state index in [4.69, 9.17) is 19.3 Å². The fourth-order valence-electron chi connectivity index (χ4n) is 4.45. The van der Waals surface area contributed by atoms with Gasteiger partial charge >= 0.3 is 5.97 Å². The van der Waals surface area contributed by atoms with Gasteiger partial charge in [-0.2, -0.15) is 10.2 Å². The molecule has 2 heterocycles. The van der Waals surface area contributed by atoms with Gasteiger partial charge in [-0.25, -0.2) is 9.48 Å². The number of benzene rings is 2. The summed E-state index contributed by atoms with van der Waals surface area (Å²) in [5, 5.41) is 10.4. The van der Waals surface area contributed by atoms with Crippen LogP contribution in [0.5, 0.6) is 5.75 Å². The average Bonchev–Trinajstić information content (AvgIpc) is 3.45. The Morgan fingerprint density at radius 2 is 1.94 bits per heavy atom. The number of para-hydroxylation sites is 1. The number of aromatic nitrogens is 4. The van der Waals surface area contributed by atoms with Gasteiger partial charge < -0.3 is 14.2 Å². The summed E-state index contributed by atoms with van der Waals surface area (Å²) in [5.41, 5.74) is 3.36. The van der Waals surface area contributed by atoms with E-state index < -0.39 is 11.6 Å². The van der Waals surface area contributed by atoms with Crippen molar-refractivity contribution in [3.05, 3.63) is 60.4 Å². The molecule has 0 amide bonds. The topological polar surface area (TPSA) is 80.4 Å². The maximum atomic E-state index is 12.1. The number of methoxy groups -OCH3 is 1. The van der Waals surface area contributed by atoms with Crippen molar-refractivity contribution in [2.45, 2.75) is 45.3 Å². The maximum Gasteiger partial charge on any atom is 0.337 e. The van der Waals surface area contributed by atoms with Crippen molar-refractivity contribution in [2.24, 2.45) is 13.0 Å². The van der Waals surface area contributed by atoms with E-state index >= 15 is 0 Å². The van der Waals surface area contributed by atoms with Gasteiger partial charge in [0, 0.05) is 18.0 Å². The normalized spacial score (nSPS) is 14.1. The molecule has 188 valence electrons. The monoisotopic (exact) mass is 488 g/mol. The lowest BCUT2D eigenvalue weighted by molar-refractivity contribution is -0.166. The number of hydrogen-bond acceptors (Lipinski definition) is 6. The second kappa shape index (κ2) is 9.78. The molecular formula is C28H32N4O4. The molecule has 5 rings (SSSR count). The Kier molecular flexibility index (Phi) is 6.53. The number of rotatable bonds is 9. The molecule has 4 aromatic rings. The zero-order valence-electron chi connectivity index (χ0n) is 21.2. The molecule has 8 nitrogen and oxygen atoms in total. The molecule has 0 spiro atoms. The van der Waals surface area contributed by atoms with Crippen molar-refractivity contribution in [2.75, 3.05) is 13.7 Å². The highest BCUT2D eigenvalue weighted by Crippen LogP contribution is 2.32. The Balaban J connectivity index is 1.53. The molecule has 1 saturated carbocycles. The third-order valence-electron chi connectivity index (χ3n) is 6.83. The van der Waals surface area contributed by atoms with E-state index in [1.165, 1.54) is 26.4 Å². The molecule has 2 aromatic heterocycles. The van der Waals surface area contributed by atoms with Gasteiger partial charge in [0.25, 0.3) is 0 Å². The number of aryl methyl sites for hydroxylation is 1. The number of carbonyl (C=O) groups is 1. The highest BCUT2D eigenvalue weighted by molar-refractivity contribution is 5.87. The predicted molar refractivity (Wildman–Crippen MR) is 137 cm³/mol. The van der Waals surface area contributed by atoms with Crippen molar-refractivity contribution >= 4 is 16.9 Å². The molecule has 0 bridgehead atoms. The zero-order chi connectivity index (χ0) is 25.3. The van der Waals surface area contributed by atoms with Crippen LogP contribution in [0.25, 0.3) is 27.8 Å². The lowest BCUT2D eigenvalue weighted by Crippen LogP contribution is -2.35. The highest BCUT2D eigenvalue weighted by atomic mass is 16.6. The summed E-state index contributed by atoms with van der Waals surface area (Å²) in [4.78, 5) is 12.1. The summed E-state index contributed by atoms with van der Waals surface area (Å²) in [5.74, 6) is 1.07. The molecule has 0 saturated heterocycles.